The summed E-state index contributed by atoms with van der Waals surface area (Å²) in [7, 11) is 1.37. The number of carbonyl (C=O) groups excluding carboxylic acids is 4. The highest BCUT2D eigenvalue weighted by Crippen LogP contribution is 2.66. The second-order valence-electron chi connectivity index (χ2n) is 11.8. The monoisotopic (exact) mass is 838 g/mol. The van der Waals surface area contributed by atoms with E-state index in [0.717, 1.165) is 20.6 Å². The maximum atomic E-state index is 14.5. The summed E-state index contributed by atoms with van der Waals surface area (Å²) in [5.74, 6) is -6.53. The average molecular weight is 840 g/mol. The van der Waals surface area contributed by atoms with Crippen LogP contribution in [0, 0.1) is 27.1 Å². The molecule has 1 saturated carbocycles. The molecule has 4 amide bonds. The average Bonchev–Trinajstić information content (AvgIpc) is 3.37. The summed E-state index contributed by atoms with van der Waals surface area (Å²) in [6.45, 7) is 0. The van der Waals surface area contributed by atoms with Crippen LogP contribution in [0.15, 0.2) is 76.8 Å². The fourth-order valence-electron chi connectivity index (χ4n) is 7.53. The predicted octanol–water partition coefficient (Wildman–Crippen LogP) is 6.68. The lowest BCUT2D eigenvalue weighted by molar-refractivity contribution is -0.125. The molecule has 0 aromatic heterocycles. The number of aromatic hydroxyl groups is 1. The Morgan fingerprint density at radius 2 is 1.57 bits per heavy atom. The first-order chi connectivity index (χ1) is 21.8. The van der Waals surface area contributed by atoms with Crippen LogP contribution in [0.5, 0.6) is 11.5 Å². The third-order valence-electron chi connectivity index (χ3n) is 9.58. The second kappa shape index (κ2) is 11.0. The van der Waals surface area contributed by atoms with Crippen molar-refractivity contribution >= 4 is 96.7 Å². The van der Waals surface area contributed by atoms with Crippen LogP contribution in [0.2, 0.25) is 0 Å². The molecule has 4 aliphatic rings. The summed E-state index contributed by atoms with van der Waals surface area (Å²) in [5, 5.41) is 10.6. The van der Waals surface area contributed by atoms with E-state index in [1.807, 2.05) is 6.08 Å². The van der Waals surface area contributed by atoms with Gasteiger partial charge in [-0.1, -0.05) is 11.6 Å². The Hall–Kier alpha value is -3.00. The van der Waals surface area contributed by atoms with Gasteiger partial charge in [-0.05, 0) is 124 Å². The van der Waals surface area contributed by atoms with Crippen molar-refractivity contribution < 1.29 is 33.4 Å². The number of alkyl halides is 2. The normalized spacial score (nSPS) is 30.3. The Morgan fingerprint density at radius 3 is 2.22 bits per heavy atom. The number of amides is 4. The highest BCUT2D eigenvalue weighted by Gasteiger charge is 2.76. The van der Waals surface area contributed by atoms with Crippen LogP contribution in [0.4, 0.5) is 15.8 Å². The number of allylic oxidation sites excluding steroid dienone is 2. The van der Waals surface area contributed by atoms with Crippen molar-refractivity contribution in [3.8, 4) is 11.5 Å². The van der Waals surface area contributed by atoms with Crippen LogP contribution >= 0.6 is 61.7 Å². The van der Waals surface area contributed by atoms with Gasteiger partial charge in [0.1, 0.15) is 5.82 Å². The van der Waals surface area contributed by atoms with E-state index < -0.39 is 57.0 Å². The first-order valence-corrected chi connectivity index (χ1v) is 16.9. The molecule has 2 heterocycles. The molecule has 46 heavy (non-hydrogen) atoms. The number of imide groups is 2. The lowest BCUT2D eigenvalue weighted by atomic mass is 9.56. The highest BCUT2D eigenvalue weighted by atomic mass is 127. The summed E-state index contributed by atoms with van der Waals surface area (Å²) in [6.07, 6.45) is 1.81. The molecule has 3 aromatic carbocycles. The number of carbonyl (C=O) groups is 4. The lowest BCUT2D eigenvalue weighted by Gasteiger charge is -2.50. The number of hydrogen-bond acceptors (Lipinski definition) is 6. The van der Waals surface area contributed by atoms with Crippen LogP contribution in [0.1, 0.15) is 24.3 Å². The summed E-state index contributed by atoms with van der Waals surface area (Å²) < 4.78 is 20.4. The van der Waals surface area contributed by atoms with Crippen molar-refractivity contribution in [3.63, 3.8) is 0 Å². The van der Waals surface area contributed by atoms with Gasteiger partial charge in [0.25, 0.3) is 11.8 Å². The number of rotatable bonds is 4. The van der Waals surface area contributed by atoms with E-state index in [9.17, 15) is 28.7 Å². The molecule has 13 heteroatoms. The third-order valence-corrected chi connectivity index (χ3v) is 12.3. The molecule has 0 radical (unpaired) electrons. The Balaban J connectivity index is 1.42. The molecule has 6 atom stereocenters. The summed E-state index contributed by atoms with van der Waals surface area (Å²) in [5.41, 5.74) is 1.50. The minimum Gasteiger partial charge on any atom is -0.503 e. The summed E-state index contributed by atoms with van der Waals surface area (Å²) in [6, 6.07) is 14.9. The SMILES string of the molecule is COc1cc([C@H]2C3=CC[C@@H]4C(=O)N(c5ccc(I)cc5)C(=O)[C@@H]4[C@@H]3C[C@@]3(Cl)C(=O)N(c4ccc(F)cc4)C(=O)[C@@]23Cl)cc(Br)c1O. The second-order valence-corrected chi connectivity index (χ2v) is 15.1. The smallest absolute Gasteiger partial charge is 0.258 e. The van der Waals surface area contributed by atoms with Gasteiger partial charge in [0.05, 0.1) is 34.8 Å². The van der Waals surface area contributed by atoms with Crippen molar-refractivity contribution in [2.24, 2.45) is 17.8 Å². The largest absolute Gasteiger partial charge is 0.503 e. The molecule has 3 fully saturated rings. The van der Waals surface area contributed by atoms with Gasteiger partial charge in [0.15, 0.2) is 21.2 Å². The maximum absolute atomic E-state index is 14.5. The number of methoxy groups -OCH3 is 1. The Morgan fingerprint density at radius 1 is 0.935 bits per heavy atom. The standard InChI is InChI=1S/C33H23BrCl2FIN2O6/c1-46-24-13-15(12-23(34)27(24)41)26-20-10-11-21-25(29(43)39(28(21)42)18-8-4-17(38)5-9-18)22(20)14-32(35)30(44)40(31(45)33(26,32)36)19-6-2-16(37)3-7-19/h2-10,12-13,21-22,25-26,41H,11,14H2,1H3/t21-,22+,25-,26-,32+,33-/m0/s1. The molecular formula is C33H23BrCl2FIN2O6. The van der Waals surface area contributed by atoms with E-state index in [0.29, 0.717) is 16.8 Å². The topological polar surface area (TPSA) is 104 Å². The van der Waals surface area contributed by atoms with Crippen molar-refractivity contribution in [2.75, 3.05) is 16.9 Å². The number of hydrogen-bond donors (Lipinski definition) is 1. The van der Waals surface area contributed by atoms with Gasteiger partial charge in [0.2, 0.25) is 11.8 Å². The zero-order chi connectivity index (χ0) is 32.9. The van der Waals surface area contributed by atoms with Crippen LogP contribution < -0.4 is 14.5 Å². The third kappa shape index (κ3) is 4.27. The number of nitrogens with zero attached hydrogens (tertiary/aromatic N) is 2. The van der Waals surface area contributed by atoms with Crippen LogP contribution in [0.25, 0.3) is 0 Å². The predicted molar refractivity (Wildman–Crippen MR) is 181 cm³/mol. The van der Waals surface area contributed by atoms with E-state index in [4.69, 9.17) is 27.9 Å². The van der Waals surface area contributed by atoms with Gasteiger partial charge in [-0.2, -0.15) is 0 Å². The van der Waals surface area contributed by atoms with Crippen LogP contribution in [-0.4, -0.2) is 45.6 Å². The fraction of sp³-hybridized carbons (Fsp3) is 0.273. The first kappa shape index (κ1) is 31.6. The molecule has 0 bridgehead atoms. The molecule has 0 spiro atoms. The zero-order valence-electron chi connectivity index (χ0n) is 23.8. The Kier molecular flexibility index (Phi) is 7.58. The van der Waals surface area contributed by atoms with E-state index in [2.05, 4.69) is 38.5 Å². The molecule has 0 unspecified atom stereocenters. The van der Waals surface area contributed by atoms with Gasteiger partial charge in [0, 0.05) is 9.49 Å². The Bertz CT molecular complexity index is 1890. The highest BCUT2D eigenvalue weighted by molar-refractivity contribution is 14.1. The molecular weight excluding hydrogens is 817 g/mol. The lowest BCUT2D eigenvalue weighted by Crippen LogP contribution is -2.60. The molecule has 7 rings (SSSR count). The minimum absolute atomic E-state index is 0.0744. The van der Waals surface area contributed by atoms with Gasteiger partial charge in [-0.25, -0.2) is 9.29 Å². The van der Waals surface area contributed by atoms with Crippen LogP contribution in [0.3, 0.4) is 0 Å². The molecule has 2 aliphatic carbocycles. The summed E-state index contributed by atoms with van der Waals surface area (Å²) >= 11 is 20.3. The molecule has 1 N–H and O–H groups in total. The van der Waals surface area contributed by atoms with Gasteiger partial charge in [-0.3, -0.25) is 24.1 Å². The molecule has 2 aliphatic heterocycles. The van der Waals surface area contributed by atoms with Gasteiger partial charge >= 0.3 is 0 Å². The number of ether oxygens (including phenoxy) is 1. The van der Waals surface area contributed by atoms with Crippen LogP contribution in [-0.2, 0) is 19.2 Å². The van der Waals surface area contributed by atoms with E-state index in [1.165, 1.54) is 30.2 Å². The van der Waals surface area contributed by atoms with Crippen molar-refractivity contribution in [3.05, 3.63) is 91.7 Å². The number of benzene rings is 3. The molecule has 236 valence electrons. The minimum atomic E-state index is -2.11. The number of fused-ring (bicyclic) bond motifs is 4. The van der Waals surface area contributed by atoms with Crippen molar-refractivity contribution in [2.45, 2.75) is 28.5 Å². The number of anilines is 2. The van der Waals surface area contributed by atoms with E-state index in [1.54, 1.807) is 30.3 Å². The number of phenolic OH excluding ortho intramolecular Hbond substituents is 1. The zero-order valence-corrected chi connectivity index (χ0v) is 29.1. The molecule has 8 nitrogen and oxygen atoms in total. The molecule has 3 aromatic rings. The van der Waals surface area contributed by atoms with Gasteiger partial charge < -0.3 is 9.84 Å². The summed E-state index contributed by atoms with van der Waals surface area (Å²) in [4.78, 5) is 54.7. The number of halogens is 5. The maximum Gasteiger partial charge on any atom is 0.258 e. The van der Waals surface area contributed by atoms with Crippen molar-refractivity contribution in [1.82, 2.24) is 0 Å². The quantitative estimate of drug-likeness (QED) is 0.136. The van der Waals surface area contributed by atoms with Gasteiger partial charge in [-0.15, -0.1) is 23.2 Å². The number of phenols is 1. The fourth-order valence-corrected chi connectivity index (χ4v) is 9.29. The van der Waals surface area contributed by atoms with E-state index in [-0.39, 0.29) is 40.4 Å². The van der Waals surface area contributed by atoms with E-state index >= 15 is 0 Å². The molecule has 2 saturated heterocycles. The Labute approximate surface area is 294 Å². The first-order valence-electron chi connectivity index (χ1n) is 14.3. The van der Waals surface area contributed by atoms with Crippen molar-refractivity contribution in [1.29, 1.82) is 0 Å².